The second-order valence-corrected chi connectivity index (χ2v) is 5.53. The predicted octanol–water partition coefficient (Wildman–Crippen LogP) is 0.137. The molecule has 1 aromatic carbocycles. The minimum atomic E-state index is -0.610. The number of ether oxygens (including phenoxy) is 1. The number of hydrogen-bond acceptors (Lipinski definition) is 5. The van der Waals surface area contributed by atoms with Gasteiger partial charge in [0.2, 0.25) is 11.9 Å². The van der Waals surface area contributed by atoms with Crippen LogP contribution in [0.1, 0.15) is 23.3 Å². The number of amides is 2. The molecule has 0 unspecified atom stereocenters. The van der Waals surface area contributed by atoms with E-state index < -0.39 is 11.9 Å². The summed E-state index contributed by atoms with van der Waals surface area (Å²) in [5.41, 5.74) is 13.0. The second kappa shape index (κ2) is 5.88. The van der Waals surface area contributed by atoms with E-state index in [1.165, 1.54) is 0 Å². The van der Waals surface area contributed by atoms with E-state index in [9.17, 15) is 9.59 Å². The summed E-state index contributed by atoms with van der Waals surface area (Å²) in [5.74, 6) is -0.363. The molecular formula is C15H19N5O3. The zero-order valence-corrected chi connectivity index (χ0v) is 12.9. The van der Waals surface area contributed by atoms with Crippen molar-refractivity contribution in [1.82, 2.24) is 14.5 Å². The number of primary amides is 1. The van der Waals surface area contributed by atoms with E-state index in [4.69, 9.17) is 16.2 Å². The molecule has 1 fully saturated rings. The van der Waals surface area contributed by atoms with Crippen LogP contribution in [0, 0.1) is 0 Å². The number of nitrogen functional groups attached to an aromatic ring is 1. The Labute approximate surface area is 133 Å². The van der Waals surface area contributed by atoms with Gasteiger partial charge in [0, 0.05) is 18.7 Å². The maximum absolute atomic E-state index is 12.5. The fourth-order valence-corrected chi connectivity index (χ4v) is 2.73. The lowest BCUT2D eigenvalue weighted by Crippen LogP contribution is -2.40. The average Bonchev–Trinajstić information content (AvgIpc) is 2.88. The van der Waals surface area contributed by atoms with Crippen LogP contribution in [0.25, 0.3) is 11.0 Å². The molecule has 1 aliphatic heterocycles. The minimum absolute atomic E-state index is 0.0636. The average molecular weight is 317 g/mol. The van der Waals surface area contributed by atoms with Crippen molar-refractivity contribution in [3.05, 3.63) is 23.8 Å². The van der Waals surface area contributed by atoms with E-state index in [1.807, 2.05) is 0 Å². The fourth-order valence-electron chi connectivity index (χ4n) is 2.73. The topological polar surface area (TPSA) is 116 Å². The predicted molar refractivity (Wildman–Crippen MR) is 84.8 cm³/mol. The van der Waals surface area contributed by atoms with Gasteiger partial charge in [-0.05, 0) is 25.1 Å². The first kappa shape index (κ1) is 15.3. The normalized spacial score (nSPS) is 16.5. The number of carbonyl (C=O) groups excluding carboxylic acids is 2. The molecule has 8 nitrogen and oxygen atoms in total. The lowest BCUT2D eigenvalue weighted by atomic mass is 10.1. The number of nitrogens with zero attached hydrogens (tertiary/aromatic N) is 3. The van der Waals surface area contributed by atoms with Crippen molar-refractivity contribution in [2.24, 2.45) is 5.73 Å². The van der Waals surface area contributed by atoms with E-state index in [1.54, 1.807) is 34.6 Å². The van der Waals surface area contributed by atoms with Gasteiger partial charge < -0.3 is 21.1 Å². The Morgan fingerprint density at radius 3 is 2.65 bits per heavy atom. The fraction of sp³-hybridized carbons (Fsp3) is 0.400. The quantitative estimate of drug-likeness (QED) is 0.835. The first-order chi connectivity index (χ1) is 11.0. The third-order valence-electron chi connectivity index (χ3n) is 4.06. The maximum Gasteiger partial charge on any atom is 0.254 e. The smallest absolute Gasteiger partial charge is 0.254 e. The number of nitrogens with two attached hydrogens (primary N) is 2. The molecule has 2 aromatic rings. The summed E-state index contributed by atoms with van der Waals surface area (Å²) in [6.07, 6.45) is 0. The van der Waals surface area contributed by atoms with Gasteiger partial charge in [0.15, 0.2) is 0 Å². The maximum atomic E-state index is 12.5. The monoisotopic (exact) mass is 317 g/mol. The summed E-state index contributed by atoms with van der Waals surface area (Å²) < 4.78 is 6.82. The van der Waals surface area contributed by atoms with Crippen LogP contribution in [0.2, 0.25) is 0 Å². The summed E-state index contributed by atoms with van der Waals surface area (Å²) in [5, 5.41) is 0. The van der Waals surface area contributed by atoms with Gasteiger partial charge in [-0.2, -0.15) is 0 Å². The molecule has 2 amide bonds. The SMILES string of the molecule is C[C@H](C(N)=O)n1c(N)nc2cc(C(=O)N3CCOCC3)ccc21. The molecule has 0 bridgehead atoms. The Morgan fingerprint density at radius 2 is 2.00 bits per heavy atom. The summed E-state index contributed by atoms with van der Waals surface area (Å²) in [6.45, 7) is 3.91. The Hall–Kier alpha value is -2.61. The molecule has 4 N–H and O–H groups in total. The van der Waals surface area contributed by atoms with E-state index in [0.29, 0.717) is 42.9 Å². The molecular weight excluding hydrogens is 298 g/mol. The third kappa shape index (κ3) is 2.72. The molecule has 8 heteroatoms. The van der Waals surface area contributed by atoms with E-state index in [-0.39, 0.29) is 11.9 Å². The van der Waals surface area contributed by atoms with Gasteiger partial charge in [0.1, 0.15) is 6.04 Å². The molecule has 0 aliphatic carbocycles. The molecule has 1 aromatic heterocycles. The van der Waals surface area contributed by atoms with Crippen LogP contribution in [0.15, 0.2) is 18.2 Å². The van der Waals surface area contributed by atoms with Gasteiger partial charge in [0.25, 0.3) is 5.91 Å². The highest BCUT2D eigenvalue weighted by atomic mass is 16.5. The first-order valence-electron chi connectivity index (χ1n) is 7.43. The van der Waals surface area contributed by atoms with Crippen LogP contribution < -0.4 is 11.5 Å². The molecule has 2 heterocycles. The lowest BCUT2D eigenvalue weighted by molar-refractivity contribution is -0.120. The first-order valence-corrected chi connectivity index (χ1v) is 7.43. The van der Waals surface area contributed by atoms with Crippen molar-refractivity contribution < 1.29 is 14.3 Å². The summed E-state index contributed by atoms with van der Waals surface area (Å²) in [4.78, 5) is 29.9. The standard InChI is InChI=1S/C15H19N5O3/c1-9(13(16)21)20-12-3-2-10(8-11(12)18-15(20)17)14(22)19-4-6-23-7-5-19/h2-3,8-9H,4-7H2,1H3,(H2,16,21)(H2,17,18)/t9-/m1/s1. The van der Waals surface area contributed by atoms with Gasteiger partial charge in [-0.1, -0.05) is 0 Å². The van der Waals surface area contributed by atoms with Crippen LogP contribution in [0.4, 0.5) is 5.95 Å². The van der Waals surface area contributed by atoms with Crippen molar-refractivity contribution in [3.8, 4) is 0 Å². The number of benzene rings is 1. The molecule has 0 radical (unpaired) electrons. The zero-order chi connectivity index (χ0) is 16.6. The largest absolute Gasteiger partial charge is 0.378 e. The Morgan fingerprint density at radius 1 is 1.30 bits per heavy atom. The van der Waals surface area contributed by atoms with Gasteiger partial charge in [0.05, 0.1) is 24.2 Å². The molecule has 23 heavy (non-hydrogen) atoms. The van der Waals surface area contributed by atoms with Crippen molar-refractivity contribution in [3.63, 3.8) is 0 Å². The summed E-state index contributed by atoms with van der Waals surface area (Å²) in [7, 11) is 0. The Balaban J connectivity index is 1.97. The van der Waals surface area contributed by atoms with Crippen LogP contribution >= 0.6 is 0 Å². The second-order valence-electron chi connectivity index (χ2n) is 5.53. The summed E-state index contributed by atoms with van der Waals surface area (Å²) in [6, 6.07) is 4.53. The third-order valence-corrected chi connectivity index (χ3v) is 4.06. The zero-order valence-electron chi connectivity index (χ0n) is 12.9. The molecule has 1 aliphatic rings. The number of anilines is 1. The molecule has 3 rings (SSSR count). The van der Waals surface area contributed by atoms with E-state index in [0.717, 1.165) is 0 Å². The number of fused-ring (bicyclic) bond motifs is 1. The van der Waals surface area contributed by atoms with Gasteiger partial charge in [-0.25, -0.2) is 4.98 Å². The van der Waals surface area contributed by atoms with Crippen LogP contribution in [-0.2, 0) is 9.53 Å². The molecule has 1 saturated heterocycles. The minimum Gasteiger partial charge on any atom is -0.378 e. The van der Waals surface area contributed by atoms with E-state index in [2.05, 4.69) is 4.98 Å². The Bertz CT molecular complexity index is 764. The molecule has 0 spiro atoms. The highest BCUT2D eigenvalue weighted by Gasteiger charge is 2.22. The number of rotatable bonds is 3. The number of aromatic nitrogens is 2. The highest BCUT2D eigenvalue weighted by molar-refractivity contribution is 5.98. The molecule has 122 valence electrons. The van der Waals surface area contributed by atoms with Crippen molar-refractivity contribution in [2.75, 3.05) is 32.0 Å². The van der Waals surface area contributed by atoms with Crippen LogP contribution in [-0.4, -0.2) is 52.6 Å². The van der Waals surface area contributed by atoms with E-state index >= 15 is 0 Å². The van der Waals surface area contributed by atoms with Crippen molar-refractivity contribution in [2.45, 2.75) is 13.0 Å². The van der Waals surface area contributed by atoms with Crippen molar-refractivity contribution in [1.29, 1.82) is 0 Å². The Kier molecular flexibility index (Phi) is 3.91. The van der Waals surface area contributed by atoms with Crippen LogP contribution in [0.3, 0.4) is 0 Å². The number of morpholine rings is 1. The van der Waals surface area contributed by atoms with Crippen LogP contribution in [0.5, 0.6) is 0 Å². The summed E-state index contributed by atoms with van der Waals surface area (Å²) >= 11 is 0. The number of hydrogen-bond donors (Lipinski definition) is 2. The molecule has 0 saturated carbocycles. The highest BCUT2D eigenvalue weighted by Crippen LogP contribution is 2.24. The van der Waals surface area contributed by atoms with Gasteiger partial charge in [-0.3, -0.25) is 14.2 Å². The number of imidazole rings is 1. The van der Waals surface area contributed by atoms with Gasteiger partial charge in [-0.15, -0.1) is 0 Å². The lowest BCUT2D eigenvalue weighted by Gasteiger charge is -2.26. The van der Waals surface area contributed by atoms with Crippen molar-refractivity contribution >= 4 is 28.8 Å². The van der Waals surface area contributed by atoms with Gasteiger partial charge >= 0.3 is 0 Å². The number of carbonyl (C=O) groups is 2. The molecule has 1 atom stereocenters.